The minimum absolute atomic E-state index is 0.0871. The number of fused-ring (bicyclic) bond motifs is 1. The van der Waals surface area contributed by atoms with E-state index in [4.69, 9.17) is 14.2 Å². The Bertz CT molecular complexity index is 1180. The number of carbonyl (C=O) groups excluding carboxylic acids is 2. The summed E-state index contributed by atoms with van der Waals surface area (Å²) in [6.45, 7) is 1.76. The molecule has 1 unspecified atom stereocenters. The first-order valence-corrected chi connectivity index (χ1v) is 12.0. The van der Waals surface area contributed by atoms with E-state index in [1.165, 1.54) is 16.4 Å². The average Bonchev–Trinajstić information content (AvgIpc) is 3.46. The second-order valence-electron chi connectivity index (χ2n) is 7.97. The fourth-order valence-corrected chi connectivity index (χ4v) is 5.48. The largest absolute Gasteiger partial charge is 0.454 e. The van der Waals surface area contributed by atoms with Gasteiger partial charge in [-0.1, -0.05) is 0 Å². The summed E-state index contributed by atoms with van der Waals surface area (Å²) in [5, 5.41) is 2.79. The molecule has 3 aliphatic rings. The van der Waals surface area contributed by atoms with E-state index in [1.54, 1.807) is 35.2 Å². The molecule has 3 heterocycles. The molecule has 0 saturated carbocycles. The van der Waals surface area contributed by atoms with Crippen molar-refractivity contribution in [2.75, 3.05) is 49.9 Å². The smallest absolute Gasteiger partial charge is 0.243 e. The molecule has 5 rings (SSSR count). The predicted molar refractivity (Wildman–Crippen MR) is 118 cm³/mol. The molecule has 33 heavy (non-hydrogen) atoms. The highest BCUT2D eigenvalue weighted by Gasteiger charge is 2.36. The van der Waals surface area contributed by atoms with Gasteiger partial charge in [0.15, 0.2) is 11.5 Å². The van der Waals surface area contributed by atoms with Crippen LogP contribution in [-0.2, 0) is 24.3 Å². The standard InChI is InChI=1S/C22H23N3O7S/c26-21-11-15(13-25(21)17-3-6-19-20(12-17)32-14-31-19)22(27)23-16-1-4-18(5-2-16)33(28,29)24-7-9-30-10-8-24/h1-6,12,15H,7-11,13-14H2,(H,23,27). The zero-order valence-electron chi connectivity index (χ0n) is 17.7. The summed E-state index contributed by atoms with van der Waals surface area (Å²) in [6.07, 6.45) is 0.0871. The van der Waals surface area contributed by atoms with Crippen LogP contribution in [0.15, 0.2) is 47.4 Å². The van der Waals surface area contributed by atoms with Gasteiger partial charge in [0.05, 0.1) is 24.0 Å². The number of nitrogens with one attached hydrogen (secondary N) is 1. The number of nitrogens with zero attached hydrogens (tertiary/aromatic N) is 2. The summed E-state index contributed by atoms with van der Waals surface area (Å²) in [7, 11) is -3.60. The Morgan fingerprint density at radius 2 is 1.73 bits per heavy atom. The molecule has 0 aliphatic carbocycles. The van der Waals surface area contributed by atoms with Gasteiger partial charge in [-0.05, 0) is 36.4 Å². The highest BCUT2D eigenvalue weighted by atomic mass is 32.2. The van der Waals surface area contributed by atoms with Crippen molar-refractivity contribution in [1.82, 2.24) is 4.31 Å². The molecule has 2 aromatic carbocycles. The van der Waals surface area contributed by atoms with Gasteiger partial charge < -0.3 is 24.4 Å². The first-order chi connectivity index (χ1) is 15.9. The lowest BCUT2D eigenvalue weighted by molar-refractivity contribution is -0.122. The van der Waals surface area contributed by atoms with Crippen LogP contribution in [0.25, 0.3) is 0 Å². The summed E-state index contributed by atoms with van der Waals surface area (Å²) in [4.78, 5) is 27.0. The first-order valence-electron chi connectivity index (χ1n) is 10.6. The Morgan fingerprint density at radius 3 is 2.48 bits per heavy atom. The number of carbonyl (C=O) groups is 2. The molecule has 2 fully saturated rings. The van der Waals surface area contributed by atoms with Crippen LogP contribution >= 0.6 is 0 Å². The molecular weight excluding hydrogens is 450 g/mol. The first kappa shape index (κ1) is 21.7. The van der Waals surface area contributed by atoms with E-state index in [1.807, 2.05) is 0 Å². The number of benzene rings is 2. The van der Waals surface area contributed by atoms with Crippen molar-refractivity contribution in [3.05, 3.63) is 42.5 Å². The lowest BCUT2D eigenvalue weighted by Crippen LogP contribution is -2.40. The number of sulfonamides is 1. The number of amides is 2. The van der Waals surface area contributed by atoms with Gasteiger partial charge in [0.1, 0.15) is 0 Å². The van der Waals surface area contributed by atoms with Crippen LogP contribution in [0.4, 0.5) is 11.4 Å². The summed E-state index contributed by atoms with van der Waals surface area (Å²) < 4.78 is 42.7. The van der Waals surface area contributed by atoms with Gasteiger partial charge >= 0.3 is 0 Å². The minimum atomic E-state index is -3.60. The summed E-state index contributed by atoms with van der Waals surface area (Å²) in [5.74, 6) is 0.218. The van der Waals surface area contributed by atoms with E-state index in [0.29, 0.717) is 49.2 Å². The average molecular weight is 474 g/mol. The van der Waals surface area contributed by atoms with Gasteiger partial charge in [0.25, 0.3) is 0 Å². The number of ether oxygens (including phenoxy) is 3. The summed E-state index contributed by atoms with van der Waals surface area (Å²) in [5.41, 5.74) is 1.12. The van der Waals surface area contributed by atoms with Crippen LogP contribution in [-0.4, -0.2) is 64.2 Å². The third kappa shape index (κ3) is 4.26. The van der Waals surface area contributed by atoms with Crippen LogP contribution in [0.5, 0.6) is 11.5 Å². The summed E-state index contributed by atoms with van der Waals surface area (Å²) in [6, 6.07) is 11.3. The second kappa shape index (κ2) is 8.65. The quantitative estimate of drug-likeness (QED) is 0.699. The zero-order valence-corrected chi connectivity index (χ0v) is 18.5. The van der Waals surface area contributed by atoms with E-state index in [2.05, 4.69) is 5.32 Å². The van der Waals surface area contributed by atoms with Gasteiger partial charge in [0, 0.05) is 43.5 Å². The number of hydrogen-bond donors (Lipinski definition) is 1. The molecule has 1 N–H and O–H groups in total. The highest BCUT2D eigenvalue weighted by molar-refractivity contribution is 7.89. The van der Waals surface area contributed by atoms with E-state index in [9.17, 15) is 18.0 Å². The maximum absolute atomic E-state index is 12.8. The maximum Gasteiger partial charge on any atom is 0.243 e. The normalized spacial score (nSPS) is 20.8. The third-order valence-corrected chi connectivity index (χ3v) is 7.81. The Labute approximate surface area is 191 Å². The van der Waals surface area contributed by atoms with Crippen LogP contribution in [0, 0.1) is 5.92 Å². The van der Waals surface area contributed by atoms with Crippen LogP contribution in [0.3, 0.4) is 0 Å². The second-order valence-corrected chi connectivity index (χ2v) is 9.91. The molecule has 1 atom stereocenters. The molecule has 0 radical (unpaired) electrons. The van der Waals surface area contributed by atoms with Crippen LogP contribution in [0.2, 0.25) is 0 Å². The van der Waals surface area contributed by atoms with Crippen molar-refractivity contribution in [3.8, 4) is 11.5 Å². The lowest BCUT2D eigenvalue weighted by atomic mass is 10.1. The zero-order chi connectivity index (χ0) is 23.0. The van der Waals surface area contributed by atoms with Gasteiger partial charge in [-0.25, -0.2) is 8.42 Å². The SMILES string of the molecule is O=C(Nc1ccc(S(=O)(=O)N2CCOCC2)cc1)C1CC(=O)N(c2ccc3c(c2)OCO3)C1. The predicted octanol–water partition coefficient (Wildman–Crippen LogP) is 1.43. The van der Waals surface area contributed by atoms with Crippen molar-refractivity contribution < 1.29 is 32.2 Å². The Morgan fingerprint density at radius 1 is 1.00 bits per heavy atom. The van der Waals surface area contributed by atoms with E-state index >= 15 is 0 Å². The number of morpholine rings is 1. The fourth-order valence-electron chi connectivity index (χ4n) is 4.08. The third-order valence-electron chi connectivity index (χ3n) is 5.89. The van der Waals surface area contributed by atoms with Crippen molar-refractivity contribution >= 4 is 33.2 Å². The molecule has 0 spiro atoms. The molecule has 174 valence electrons. The number of rotatable bonds is 5. The number of hydrogen-bond acceptors (Lipinski definition) is 7. The molecule has 3 aliphatic heterocycles. The van der Waals surface area contributed by atoms with Crippen molar-refractivity contribution in [1.29, 1.82) is 0 Å². The Hall–Kier alpha value is -3.15. The van der Waals surface area contributed by atoms with E-state index < -0.39 is 15.9 Å². The van der Waals surface area contributed by atoms with Gasteiger partial charge in [-0.15, -0.1) is 0 Å². The maximum atomic E-state index is 12.8. The summed E-state index contributed by atoms with van der Waals surface area (Å²) >= 11 is 0. The van der Waals surface area contributed by atoms with Crippen LogP contribution in [0.1, 0.15) is 6.42 Å². The topological polar surface area (TPSA) is 114 Å². The van der Waals surface area contributed by atoms with Crippen molar-refractivity contribution in [2.45, 2.75) is 11.3 Å². The van der Waals surface area contributed by atoms with Gasteiger partial charge in [0.2, 0.25) is 28.6 Å². The van der Waals surface area contributed by atoms with E-state index in [0.717, 1.165) is 0 Å². The van der Waals surface area contributed by atoms with Gasteiger partial charge in [-0.3, -0.25) is 9.59 Å². The molecule has 0 aromatic heterocycles. The van der Waals surface area contributed by atoms with Crippen LogP contribution < -0.4 is 19.7 Å². The minimum Gasteiger partial charge on any atom is -0.454 e. The molecule has 2 aromatic rings. The van der Waals surface area contributed by atoms with Crippen molar-refractivity contribution in [2.24, 2.45) is 5.92 Å². The fraction of sp³-hybridized carbons (Fsp3) is 0.364. The molecule has 2 amide bonds. The monoisotopic (exact) mass is 473 g/mol. The molecule has 0 bridgehead atoms. The molecular formula is C22H23N3O7S. The van der Waals surface area contributed by atoms with Gasteiger partial charge in [-0.2, -0.15) is 4.31 Å². The molecule has 10 nitrogen and oxygen atoms in total. The highest BCUT2D eigenvalue weighted by Crippen LogP contribution is 2.37. The van der Waals surface area contributed by atoms with E-state index in [-0.39, 0.29) is 36.5 Å². The lowest BCUT2D eigenvalue weighted by Gasteiger charge is -2.26. The molecule has 2 saturated heterocycles. The van der Waals surface area contributed by atoms with Crippen molar-refractivity contribution in [3.63, 3.8) is 0 Å². The molecule has 11 heteroatoms. The number of anilines is 2. The Kier molecular flexibility index (Phi) is 5.69. The Balaban J connectivity index is 1.23.